The molecule has 2 rings (SSSR count). The topological polar surface area (TPSA) is 58.6 Å². The summed E-state index contributed by atoms with van der Waals surface area (Å²) in [6.45, 7) is 0.942. The van der Waals surface area contributed by atoms with Crippen LogP contribution in [0.25, 0.3) is 0 Å². The van der Waals surface area contributed by atoms with Crippen LogP contribution < -0.4 is 10.1 Å². The van der Waals surface area contributed by atoms with E-state index in [-0.39, 0.29) is 0 Å². The van der Waals surface area contributed by atoms with Crippen LogP contribution in [0.1, 0.15) is 17.0 Å². The molecule has 0 fully saturated rings. The van der Waals surface area contributed by atoms with Crippen molar-refractivity contribution in [3.63, 3.8) is 0 Å². The number of carboxylic acid groups (broad SMARTS) is 1. The highest BCUT2D eigenvalue weighted by atomic mass is 16.5. The molecular formula is C17H19NO3. The Balaban J connectivity index is 1.99. The Kier molecular flexibility index (Phi) is 5.35. The third-order valence-electron chi connectivity index (χ3n) is 3.36. The van der Waals surface area contributed by atoms with Gasteiger partial charge in [0.2, 0.25) is 0 Å². The van der Waals surface area contributed by atoms with E-state index in [9.17, 15) is 9.90 Å². The fraction of sp³-hybridized carbons (Fsp3) is 0.235. The Bertz CT molecular complexity index is 584. The van der Waals surface area contributed by atoms with Crippen molar-refractivity contribution in [2.45, 2.75) is 12.5 Å². The van der Waals surface area contributed by atoms with E-state index in [2.05, 4.69) is 5.32 Å². The summed E-state index contributed by atoms with van der Waals surface area (Å²) in [5, 5.41) is 12.6. The minimum atomic E-state index is -0.825. The molecule has 0 aliphatic carbocycles. The highest BCUT2D eigenvalue weighted by molar-refractivity contribution is 5.76. The second kappa shape index (κ2) is 7.45. The Morgan fingerprint density at radius 2 is 1.81 bits per heavy atom. The van der Waals surface area contributed by atoms with Gasteiger partial charge in [-0.3, -0.25) is 4.79 Å². The molecule has 21 heavy (non-hydrogen) atoms. The number of hydrogen-bond acceptors (Lipinski definition) is 3. The van der Waals surface area contributed by atoms with E-state index in [1.165, 1.54) is 0 Å². The predicted octanol–water partition coefficient (Wildman–Crippen LogP) is 2.65. The lowest BCUT2D eigenvalue weighted by atomic mass is 9.99. The van der Waals surface area contributed by atoms with Gasteiger partial charge in [0.25, 0.3) is 0 Å². The number of nitrogens with one attached hydrogen (secondary N) is 1. The fourth-order valence-corrected chi connectivity index (χ4v) is 2.23. The van der Waals surface area contributed by atoms with Crippen LogP contribution >= 0.6 is 0 Å². The summed E-state index contributed by atoms with van der Waals surface area (Å²) < 4.78 is 5.28. The molecule has 2 N–H and O–H groups in total. The van der Waals surface area contributed by atoms with E-state index in [1.54, 1.807) is 7.11 Å². The second-order valence-electron chi connectivity index (χ2n) is 4.74. The molecule has 0 aliphatic rings. The molecule has 4 heteroatoms. The van der Waals surface area contributed by atoms with Crippen LogP contribution in [0.5, 0.6) is 5.75 Å². The predicted molar refractivity (Wildman–Crippen MR) is 81.5 cm³/mol. The maximum Gasteiger partial charge on any atom is 0.312 e. The first-order valence-corrected chi connectivity index (χ1v) is 6.82. The van der Waals surface area contributed by atoms with Crippen molar-refractivity contribution >= 4 is 5.97 Å². The zero-order chi connectivity index (χ0) is 15.1. The third kappa shape index (κ3) is 4.07. The van der Waals surface area contributed by atoms with Crippen LogP contribution in [0, 0.1) is 0 Å². The maximum atomic E-state index is 11.4. The molecule has 0 spiro atoms. The van der Waals surface area contributed by atoms with Gasteiger partial charge in [-0.25, -0.2) is 0 Å². The van der Waals surface area contributed by atoms with E-state index >= 15 is 0 Å². The van der Waals surface area contributed by atoms with Crippen LogP contribution in [0.3, 0.4) is 0 Å². The van der Waals surface area contributed by atoms with Crippen molar-refractivity contribution in [2.24, 2.45) is 0 Å². The highest BCUT2D eigenvalue weighted by Crippen LogP contribution is 2.18. The minimum Gasteiger partial charge on any atom is -0.496 e. The van der Waals surface area contributed by atoms with E-state index in [4.69, 9.17) is 4.74 Å². The average molecular weight is 285 g/mol. The third-order valence-corrected chi connectivity index (χ3v) is 3.36. The van der Waals surface area contributed by atoms with Crippen LogP contribution in [0.4, 0.5) is 0 Å². The summed E-state index contributed by atoms with van der Waals surface area (Å²) in [6.07, 6.45) is 0. The average Bonchev–Trinajstić information content (AvgIpc) is 2.52. The molecule has 1 atom stereocenters. The molecule has 0 heterocycles. The van der Waals surface area contributed by atoms with Gasteiger partial charge in [0, 0.05) is 18.7 Å². The van der Waals surface area contributed by atoms with Crippen LogP contribution in [0.15, 0.2) is 54.6 Å². The standard InChI is InChI=1S/C17H19NO3/c1-21-16-10-6-5-9-14(16)11-18-12-15(17(19)20)13-7-3-2-4-8-13/h2-10,15,18H,11-12H2,1H3,(H,19,20). The van der Waals surface area contributed by atoms with Crippen molar-refractivity contribution in [1.82, 2.24) is 5.32 Å². The quantitative estimate of drug-likeness (QED) is 0.821. The molecule has 0 aliphatic heterocycles. The summed E-state index contributed by atoms with van der Waals surface area (Å²) >= 11 is 0. The van der Waals surface area contributed by atoms with Gasteiger partial charge >= 0.3 is 5.97 Å². The molecule has 0 saturated heterocycles. The summed E-state index contributed by atoms with van der Waals surface area (Å²) in [5.41, 5.74) is 1.81. The maximum absolute atomic E-state index is 11.4. The minimum absolute atomic E-state index is 0.372. The molecule has 110 valence electrons. The van der Waals surface area contributed by atoms with Crippen molar-refractivity contribution in [2.75, 3.05) is 13.7 Å². The van der Waals surface area contributed by atoms with Crippen LogP contribution in [-0.2, 0) is 11.3 Å². The summed E-state index contributed by atoms with van der Waals surface area (Å²) in [6, 6.07) is 17.0. The summed E-state index contributed by atoms with van der Waals surface area (Å²) in [5.74, 6) is -0.578. The van der Waals surface area contributed by atoms with Gasteiger partial charge in [-0.15, -0.1) is 0 Å². The molecule has 1 unspecified atom stereocenters. The number of hydrogen-bond donors (Lipinski definition) is 2. The lowest BCUT2D eigenvalue weighted by Gasteiger charge is -2.15. The van der Waals surface area contributed by atoms with Crippen LogP contribution in [-0.4, -0.2) is 24.7 Å². The molecule has 0 bridgehead atoms. The molecule has 2 aromatic carbocycles. The fourth-order valence-electron chi connectivity index (χ4n) is 2.23. The largest absolute Gasteiger partial charge is 0.496 e. The van der Waals surface area contributed by atoms with E-state index in [0.29, 0.717) is 13.1 Å². The Morgan fingerprint density at radius 1 is 1.14 bits per heavy atom. The zero-order valence-electron chi connectivity index (χ0n) is 12.0. The molecule has 0 aromatic heterocycles. The number of ether oxygens (including phenoxy) is 1. The van der Waals surface area contributed by atoms with Gasteiger partial charge in [0.05, 0.1) is 13.0 Å². The first-order chi connectivity index (χ1) is 10.2. The number of methoxy groups -OCH3 is 1. The monoisotopic (exact) mass is 285 g/mol. The molecule has 0 radical (unpaired) electrons. The van der Waals surface area contributed by atoms with Crippen molar-refractivity contribution in [3.05, 3.63) is 65.7 Å². The van der Waals surface area contributed by atoms with Gasteiger partial charge in [-0.2, -0.15) is 0 Å². The number of carbonyl (C=O) groups is 1. The lowest BCUT2D eigenvalue weighted by Crippen LogP contribution is -2.26. The number of rotatable bonds is 7. The van der Waals surface area contributed by atoms with Crippen LogP contribution in [0.2, 0.25) is 0 Å². The van der Waals surface area contributed by atoms with Gasteiger partial charge in [0.1, 0.15) is 5.75 Å². The first kappa shape index (κ1) is 15.1. The van der Waals surface area contributed by atoms with E-state index in [0.717, 1.165) is 16.9 Å². The van der Waals surface area contributed by atoms with Gasteiger partial charge < -0.3 is 15.2 Å². The number of benzene rings is 2. The Labute approximate surface area is 124 Å². The molecule has 0 amide bonds. The van der Waals surface area contributed by atoms with Gasteiger partial charge in [0.15, 0.2) is 0 Å². The van der Waals surface area contributed by atoms with Crippen molar-refractivity contribution < 1.29 is 14.6 Å². The number of para-hydroxylation sites is 1. The zero-order valence-corrected chi connectivity index (χ0v) is 12.0. The van der Waals surface area contributed by atoms with Gasteiger partial charge in [-0.05, 0) is 11.6 Å². The van der Waals surface area contributed by atoms with Crippen molar-refractivity contribution in [1.29, 1.82) is 0 Å². The smallest absolute Gasteiger partial charge is 0.312 e. The number of aliphatic carboxylic acids is 1. The Morgan fingerprint density at radius 3 is 2.48 bits per heavy atom. The normalized spacial score (nSPS) is 11.9. The van der Waals surface area contributed by atoms with E-state index < -0.39 is 11.9 Å². The molecule has 2 aromatic rings. The molecule has 0 saturated carbocycles. The lowest BCUT2D eigenvalue weighted by molar-refractivity contribution is -0.138. The second-order valence-corrected chi connectivity index (χ2v) is 4.74. The molecular weight excluding hydrogens is 266 g/mol. The first-order valence-electron chi connectivity index (χ1n) is 6.82. The van der Waals surface area contributed by atoms with E-state index in [1.807, 2.05) is 54.6 Å². The summed E-state index contributed by atoms with van der Waals surface area (Å²) in [7, 11) is 1.63. The SMILES string of the molecule is COc1ccccc1CNCC(C(=O)O)c1ccccc1. The molecule has 4 nitrogen and oxygen atoms in total. The highest BCUT2D eigenvalue weighted by Gasteiger charge is 2.19. The summed E-state index contributed by atoms with van der Waals surface area (Å²) in [4.78, 5) is 11.4. The Hall–Kier alpha value is -2.33. The van der Waals surface area contributed by atoms with Crippen molar-refractivity contribution in [3.8, 4) is 5.75 Å². The van der Waals surface area contributed by atoms with Gasteiger partial charge in [-0.1, -0.05) is 48.5 Å². The number of carboxylic acids is 1.